The van der Waals surface area contributed by atoms with Crippen molar-refractivity contribution in [3.05, 3.63) is 89.9 Å². The zero-order valence-electron chi connectivity index (χ0n) is 17.2. The zero-order chi connectivity index (χ0) is 21.3. The lowest BCUT2D eigenvalue weighted by molar-refractivity contribution is -0.140. The molecule has 156 valence electrons. The monoisotopic (exact) mass is 406 g/mol. The smallest absolute Gasteiger partial charge is 0.242 e. The van der Waals surface area contributed by atoms with Gasteiger partial charge in [-0.25, -0.2) is 0 Å². The first-order chi connectivity index (χ1) is 14.6. The van der Waals surface area contributed by atoms with Crippen LogP contribution < -0.4 is 10.1 Å². The lowest BCUT2D eigenvalue weighted by Crippen LogP contribution is -2.47. The number of carbonyl (C=O) groups excluding carboxylic acids is 2. The maximum absolute atomic E-state index is 13.1. The molecule has 3 aromatic rings. The standard InChI is InChI=1S/C24H26N2O4/c1-18(24(28)25-16-22-9-6-14-30-22)26(17-20-10-12-21(29-2)13-11-20)23(27)15-19-7-4-3-5-8-19/h3-14,18H,15-17H2,1-2H3,(H,25,28)/t18-/m0/s1. The normalized spacial score (nSPS) is 11.5. The minimum atomic E-state index is -0.640. The van der Waals surface area contributed by atoms with E-state index in [-0.39, 0.29) is 24.8 Å². The number of nitrogens with zero attached hydrogens (tertiary/aromatic N) is 1. The molecule has 3 rings (SSSR count). The van der Waals surface area contributed by atoms with E-state index in [1.165, 1.54) is 0 Å². The number of hydrogen-bond acceptors (Lipinski definition) is 4. The van der Waals surface area contributed by atoms with E-state index in [0.29, 0.717) is 12.3 Å². The number of amides is 2. The van der Waals surface area contributed by atoms with E-state index in [1.807, 2.05) is 54.6 Å². The summed E-state index contributed by atoms with van der Waals surface area (Å²) in [6, 6.07) is 19.9. The van der Waals surface area contributed by atoms with E-state index in [0.717, 1.165) is 16.9 Å². The molecule has 0 saturated heterocycles. The van der Waals surface area contributed by atoms with E-state index in [9.17, 15) is 9.59 Å². The second-order valence-corrected chi connectivity index (χ2v) is 7.01. The van der Waals surface area contributed by atoms with Gasteiger partial charge in [-0.15, -0.1) is 0 Å². The lowest BCUT2D eigenvalue weighted by Gasteiger charge is -2.29. The molecule has 0 unspecified atom stereocenters. The van der Waals surface area contributed by atoms with Gasteiger partial charge in [-0.3, -0.25) is 9.59 Å². The van der Waals surface area contributed by atoms with Crippen molar-refractivity contribution in [2.45, 2.75) is 32.5 Å². The third-order valence-electron chi connectivity index (χ3n) is 4.89. The summed E-state index contributed by atoms with van der Waals surface area (Å²) in [5, 5.41) is 2.84. The number of methoxy groups -OCH3 is 1. The number of furan rings is 1. The lowest BCUT2D eigenvalue weighted by atomic mass is 10.1. The Balaban J connectivity index is 1.74. The number of benzene rings is 2. The number of nitrogens with one attached hydrogen (secondary N) is 1. The molecular formula is C24H26N2O4. The third-order valence-corrected chi connectivity index (χ3v) is 4.89. The average Bonchev–Trinajstić information content (AvgIpc) is 3.30. The van der Waals surface area contributed by atoms with Crippen molar-refractivity contribution in [2.24, 2.45) is 0 Å². The minimum Gasteiger partial charge on any atom is -0.497 e. The van der Waals surface area contributed by atoms with Crippen molar-refractivity contribution < 1.29 is 18.7 Å². The van der Waals surface area contributed by atoms with Gasteiger partial charge in [0.25, 0.3) is 0 Å². The molecule has 0 radical (unpaired) electrons. The molecule has 0 aliphatic rings. The topological polar surface area (TPSA) is 71.8 Å². The summed E-state index contributed by atoms with van der Waals surface area (Å²) in [4.78, 5) is 27.5. The predicted molar refractivity (Wildman–Crippen MR) is 114 cm³/mol. The Morgan fingerprint density at radius 1 is 1.00 bits per heavy atom. The first kappa shape index (κ1) is 21.2. The molecule has 0 saturated carbocycles. The van der Waals surface area contributed by atoms with Crippen LogP contribution >= 0.6 is 0 Å². The van der Waals surface area contributed by atoms with Gasteiger partial charge >= 0.3 is 0 Å². The summed E-state index contributed by atoms with van der Waals surface area (Å²) in [6.45, 7) is 2.34. The Bertz CT molecular complexity index is 937. The third kappa shape index (κ3) is 5.73. The molecule has 2 aromatic carbocycles. The van der Waals surface area contributed by atoms with Crippen molar-refractivity contribution in [3.63, 3.8) is 0 Å². The molecule has 0 bridgehead atoms. The van der Waals surface area contributed by atoms with Gasteiger partial charge in [0, 0.05) is 6.54 Å². The van der Waals surface area contributed by atoms with Crippen molar-refractivity contribution in [1.29, 1.82) is 0 Å². The second kappa shape index (κ2) is 10.3. The molecule has 6 nitrogen and oxygen atoms in total. The molecule has 0 spiro atoms. The van der Waals surface area contributed by atoms with E-state index < -0.39 is 6.04 Å². The van der Waals surface area contributed by atoms with Crippen LogP contribution in [-0.2, 0) is 29.1 Å². The highest BCUT2D eigenvalue weighted by Crippen LogP contribution is 2.16. The SMILES string of the molecule is COc1ccc(CN(C(=O)Cc2ccccc2)[C@@H](C)C(=O)NCc2ccco2)cc1. The van der Waals surface area contributed by atoms with Gasteiger partial charge in [0.15, 0.2) is 0 Å². The highest BCUT2D eigenvalue weighted by atomic mass is 16.5. The Morgan fingerprint density at radius 3 is 2.37 bits per heavy atom. The summed E-state index contributed by atoms with van der Waals surface area (Å²) in [5.74, 6) is 1.05. The molecule has 6 heteroatoms. The molecule has 1 heterocycles. The van der Waals surface area contributed by atoms with E-state index in [1.54, 1.807) is 37.3 Å². The highest BCUT2D eigenvalue weighted by molar-refractivity contribution is 5.88. The molecule has 1 N–H and O–H groups in total. The van der Waals surface area contributed by atoms with E-state index >= 15 is 0 Å². The van der Waals surface area contributed by atoms with Crippen LogP contribution in [-0.4, -0.2) is 29.9 Å². The maximum atomic E-state index is 13.1. The van der Waals surface area contributed by atoms with Crippen molar-refractivity contribution in [2.75, 3.05) is 7.11 Å². The van der Waals surface area contributed by atoms with E-state index in [4.69, 9.17) is 9.15 Å². The molecule has 0 aliphatic heterocycles. The number of carbonyl (C=O) groups is 2. The van der Waals surface area contributed by atoms with Crippen LogP contribution in [0.25, 0.3) is 0 Å². The Kier molecular flexibility index (Phi) is 7.27. The number of ether oxygens (including phenoxy) is 1. The van der Waals surface area contributed by atoms with Crippen molar-refractivity contribution in [3.8, 4) is 5.75 Å². The first-order valence-electron chi connectivity index (χ1n) is 9.83. The first-order valence-corrected chi connectivity index (χ1v) is 9.83. The van der Waals surface area contributed by atoms with Gasteiger partial charge in [-0.05, 0) is 42.3 Å². The van der Waals surface area contributed by atoms with Gasteiger partial charge in [-0.2, -0.15) is 0 Å². The molecule has 0 fully saturated rings. The molecule has 0 aliphatic carbocycles. The van der Waals surface area contributed by atoms with E-state index in [2.05, 4.69) is 5.32 Å². The fraction of sp³-hybridized carbons (Fsp3) is 0.250. The predicted octanol–water partition coefficient (Wildman–Crippen LogP) is 3.56. The van der Waals surface area contributed by atoms with Gasteiger partial charge in [-0.1, -0.05) is 42.5 Å². The summed E-state index contributed by atoms with van der Waals surface area (Å²) in [5.41, 5.74) is 1.83. The number of hydrogen-bond donors (Lipinski definition) is 1. The molecule has 1 atom stereocenters. The van der Waals surface area contributed by atoms with Crippen LogP contribution in [0.3, 0.4) is 0 Å². The Morgan fingerprint density at radius 2 is 1.73 bits per heavy atom. The molecular weight excluding hydrogens is 380 g/mol. The minimum absolute atomic E-state index is 0.113. The van der Waals surface area contributed by atoms with Gasteiger partial charge in [0.05, 0.1) is 26.3 Å². The average molecular weight is 406 g/mol. The zero-order valence-corrected chi connectivity index (χ0v) is 17.2. The maximum Gasteiger partial charge on any atom is 0.242 e. The fourth-order valence-corrected chi connectivity index (χ4v) is 3.12. The second-order valence-electron chi connectivity index (χ2n) is 7.01. The summed E-state index contributed by atoms with van der Waals surface area (Å²) in [6.07, 6.45) is 1.79. The molecule has 30 heavy (non-hydrogen) atoms. The van der Waals surface area contributed by atoms with Crippen LogP contribution in [0.2, 0.25) is 0 Å². The summed E-state index contributed by atoms with van der Waals surface area (Å²) < 4.78 is 10.5. The largest absolute Gasteiger partial charge is 0.497 e. The summed E-state index contributed by atoms with van der Waals surface area (Å²) in [7, 11) is 1.61. The van der Waals surface area contributed by atoms with Crippen LogP contribution in [0.1, 0.15) is 23.8 Å². The number of rotatable bonds is 9. The fourth-order valence-electron chi connectivity index (χ4n) is 3.12. The highest BCUT2D eigenvalue weighted by Gasteiger charge is 2.26. The van der Waals surface area contributed by atoms with Crippen molar-refractivity contribution in [1.82, 2.24) is 10.2 Å². The van der Waals surface area contributed by atoms with Crippen LogP contribution in [0, 0.1) is 0 Å². The quantitative estimate of drug-likeness (QED) is 0.590. The van der Waals surface area contributed by atoms with Crippen molar-refractivity contribution >= 4 is 11.8 Å². The van der Waals surface area contributed by atoms with Crippen LogP contribution in [0.15, 0.2) is 77.4 Å². The van der Waals surface area contributed by atoms with Gasteiger partial charge in [0.2, 0.25) is 11.8 Å². The van der Waals surface area contributed by atoms with Gasteiger partial charge < -0.3 is 19.4 Å². The van der Waals surface area contributed by atoms with Crippen LogP contribution in [0.4, 0.5) is 0 Å². The molecule has 1 aromatic heterocycles. The Hall–Kier alpha value is -3.54. The van der Waals surface area contributed by atoms with Gasteiger partial charge in [0.1, 0.15) is 17.6 Å². The molecule has 2 amide bonds. The van der Waals surface area contributed by atoms with Crippen LogP contribution in [0.5, 0.6) is 5.75 Å². The summed E-state index contributed by atoms with van der Waals surface area (Å²) >= 11 is 0. The Labute approximate surface area is 176 Å².